The number of benzene rings is 2. The lowest BCUT2D eigenvalue weighted by Gasteiger charge is -2.06. The van der Waals surface area contributed by atoms with Gasteiger partial charge in [0.05, 0.1) is 5.56 Å². The van der Waals surface area contributed by atoms with E-state index < -0.39 is 5.97 Å². The normalized spacial score (nSPS) is 11.1. The molecular formula is C19H13BrN2O2. The molecular weight excluding hydrogens is 368 g/mol. The van der Waals surface area contributed by atoms with E-state index in [2.05, 4.69) is 26.1 Å². The molecule has 1 aromatic heterocycles. The molecule has 0 amide bonds. The zero-order valence-electron chi connectivity index (χ0n) is 12.6. The highest BCUT2D eigenvalue weighted by Crippen LogP contribution is 2.14. The zero-order valence-corrected chi connectivity index (χ0v) is 14.2. The van der Waals surface area contributed by atoms with Gasteiger partial charge in [0.1, 0.15) is 5.71 Å². The summed E-state index contributed by atoms with van der Waals surface area (Å²) < 4.78 is 0.804. The van der Waals surface area contributed by atoms with E-state index in [9.17, 15) is 4.79 Å². The Morgan fingerprint density at radius 1 is 0.875 bits per heavy atom. The highest BCUT2D eigenvalue weighted by atomic mass is 79.9. The lowest BCUT2D eigenvalue weighted by Crippen LogP contribution is -2.08. The minimum atomic E-state index is -0.515. The molecule has 0 unspecified atom stereocenters. The molecule has 118 valence electrons. The fraction of sp³-hybridized carbons (Fsp3) is 0. The van der Waals surface area contributed by atoms with Crippen molar-refractivity contribution in [1.82, 2.24) is 4.98 Å². The molecule has 0 saturated heterocycles. The second-order valence-corrected chi connectivity index (χ2v) is 5.85. The average Bonchev–Trinajstić information content (AvgIpc) is 2.63. The Kier molecular flexibility index (Phi) is 5.13. The second-order valence-electron chi connectivity index (χ2n) is 4.93. The fourth-order valence-corrected chi connectivity index (χ4v) is 2.53. The van der Waals surface area contributed by atoms with Crippen molar-refractivity contribution in [2.24, 2.45) is 5.16 Å². The van der Waals surface area contributed by atoms with Gasteiger partial charge in [-0.05, 0) is 30.3 Å². The maximum absolute atomic E-state index is 12.2. The molecule has 0 saturated carbocycles. The van der Waals surface area contributed by atoms with Gasteiger partial charge in [0.25, 0.3) is 0 Å². The number of oxime groups is 1. The van der Waals surface area contributed by atoms with Crippen molar-refractivity contribution in [2.75, 3.05) is 0 Å². The van der Waals surface area contributed by atoms with Crippen molar-refractivity contribution < 1.29 is 9.63 Å². The van der Waals surface area contributed by atoms with Crippen molar-refractivity contribution in [3.05, 3.63) is 100 Å². The standard InChI is InChI=1S/C19H13BrN2O2/c20-17-8-4-7-16(13-17)19(23)24-22-18(14-5-2-1-3-6-14)15-9-11-21-12-10-15/h1-13H. The quantitative estimate of drug-likeness (QED) is 0.381. The van der Waals surface area contributed by atoms with E-state index in [1.807, 2.05) is 48.5 Å². The summed E-state index contributed by atoms with van der Waals surface area (Å²) in [7, 11) is 0. The van der Waals surface area contributed by atoms with E-state index in [0.717, 1.165) is 15.6 Å². The molecule has 0 aliphatic carbocycles. The summed E-state index contributed by atoms with van der Waals surface area (Å²) in [4.78, 5) is 21.4. The van der Waals surface area contributed by atoms with E-state index >= 15 is 0 Å². The molecule has 0 fully saturated rings. The van der Waals surface area contributed by atoms with Crippen LogP contribution in [0.15, 0.2) is 88.8 Å². The number of pyridine rings is 1. The number of hydrogen-bond acceptors (Lipinski definition) is 4. The van der Waals surface area contributed by atoms with Gasteiger partial charge in [-0.25, -0.2) is 4.79 Å². The fourth-order valence-electron chi connectivity index (χ4n) is 2.13. The van der Waals surface area contributed by atoms with Gasteiger partial charge in [-0.2, -0.15) is 0 Å². The van der Waals surface area contributed by atoms with E-state index in [1.54, 1.807) is 30.6 Å². The molecule has 0 spiro atoms. The summed E-state index contributed by atoms with van der Waals surface area (Å²) in [5.41, 5.74) is 2.67. The molecule has 0 aliphatic heterocycles. The van der Waals surface area contributed by atoms with Gasteiger partial charge in [-0.3, -0.25) is 4.98 Å². The number of halogens is 1. The van der Waals surface area contributed by atoms with Crippen LogP contribution < -0.4 is 0 Å². The van der Waals surface area contributed by atoms with E-state index in [-0.39, 0.29) is 0 Å². The molecule has 3 rings (SSSR count). The number of aromatic nitrogens is 1. The summed E-state index contributed by atoms with van der Waals surface area (Å²) in [6, 6.07) is 20.2. The Hall–Kier alpha value is -2.79. The largest absolute Gasteiger partial charge is 0.365 e. The Balaban J connectivity index is 1.91. The predicted molar refractivity (Wildman–Crippen MR) is 95.9 cm³/mol. The monoisotopic (exact) mass is 380 g/mol. The molecule has 1 heterocycles. The summed E-state index contributed by atoms with van der Waals surface area (Å²) in [6.45, 7) is 0. The molecule has 3 aromatic rings. The number of nitrogens with zero attached hydrogens (tertiary/aromatic N) is 2. The van der Waals surface area contributed by atoms with Crippen molar-refractivity contribution >= 4 is 27.6 Å². The number of carbonyl (C=O) groups excluding carboxylic acids is 1. The van der Waals surface area contributed by atoms with E-state index in [0.29, 0.717) is 11.3 Å². The highest BCUT2D eigenvalue weighted by molar-refractivity contribution is 9.10. The molecule has 5 heteroatoms. The van der Waals surface area contributed by atoms with Crippen LogP contribution in [0.5, 0.6) is 0 Å². The molecule has 0 radical (unpaired) electrons. The molecule has 0 N–H and O–H groups in total. The maximum Gasteiger partial charge on any atom is 0.365 e. The summed E-state index contributed by atoms with van der Waals surface area (Å²) in [5, 5.41) is 4.09. The van der Waals surface area contributed by atoms with Crippen molar-refractivity contribution in [3.8, 4) is 0 Å². The van der Waals surface area contributed by atoms with Crippen LogP contribution >= 0.6 is 15.9 Å². The summed E-state index contributed by atoms with van der Waals surface area (Å²) in [5.74, 6) is -0.515. The Morgan fingerprint density at radius 3 is 2.25 bits per heavy atom. The first kappa shape index (κ1) is 16.1. The SMILES string of the molecule is O=C(ON=C(c1ccccc1)c1ccncc1)c1cccc(Br)c1. The van der Waals surface area contributed by atoms with Crippen LogP contribution in [0.25, 0.3) is 0 Å². The molecule has 4 nitrogen and oxygen atoms in total. The molecule has 2 aromatic carbocycles. The Labute approximate surface area is 147 Å². The van der Waals surface area contributed by atoms with Gasteiger partial charge < -0.3 is 4.84 Å². The van der Waals surface area contributed by atoms with E-state index in [4.69, 9.17) is 4.84 Å². The maximum atomic E-state index is 12.2. The molecule has 24 heavy (non-hydrogen) atoms. The van der Waals surface area contributed by atoms with E-state index in [1.165, 1.54) is 0 Å². The summed E-state index contributed by atoms with van der Waals surface area (Å²) in [6.07, 6.45) is 3.34. The first-order valence-electron chi connectivity index (χ1n) is 7.25. The highest BCUT2D eigenvalue weighted by Gasteiger charge is 2.11. The first-order chi connectivity index (χ1) is 11.7. The Morgan fingerprint density at radius 2 is 1.54 bits per heavy atom. The number of rotatable bonds is 4. The number of hydrogen-bond donors (Lipinski definition) is 0. The van der Waals surface area contributed by atoms with Gasteiger partial charge in [-0.1, -0.05) is 57.5 Å². The molecule has 0 bridgehead atoms. The first-order valence-corrected chi connectivity index (χ1v) is 8.04. The second kappa shape index (κ2) is 7.66. The van der Waals surface area contributed by atoms with Crippen molar-refractivity contribution in [3.63, 3.8) is 0 Å². The Bertz CT molecular complexity index is 823. The third-order valence-corrected chi connectivity index (χ3v) is 3.77. The molecule has 0 aliphatic rings. The minimum Gasteiger partial charge on any atom is -0.312 e. The van der Waals surface area contributed by atoms with Crippen LogP contribution in [0.1, 0.15) is 21.5 Å². The smallest absolute Gasteiger partial charge is 0.312 e. The molecule has 0 atom stereocenters. The zero-order chi connectivity index (χ0) is 16.8. The van der Waals surface area contributed by atoms with Crippen LogP contribution in [-0.2, 0) is 4.84 Å². The lowest BCUT2D eigenvalue weighted by molar-refractivity contribution is 0.0517. The number of carbonyl (C=O) groups is 1. The van der Waals surface area contributed by atoms with Crippen LogP contribution in [0.2, 0.25) is 0 Å². The van der Waals surface area contributed by atoms with Gasteiger partial charge >= 0.3 is 5.97 Å². The van der Waals surface area contributed by atoms with Gasteiger partial charge in [0.2, 0.25) is 0 Å². The predicted octanol–water partition coefficient (Wildman–Crippen LogP) is 4.45. The third-order valence-electron chi connectivity index (χ3n) is 3.28. The van der Waals surface area contributed by atoms with Crippen molar-refractivity contribution in [2.45, 2.75) is 0 Å². The topological polar surface area (TPSA) is 51.5 Å². The third kappa shape index (κ3) is 3.94. The summed E-state index contributed by atoms with van der Waals surface area (Å²) >= 11 is 3.33. The van der Waals surface area contributed by atoms with Gasteiger partial charge in [-0.15, -0.1) is 0 Å². The van der Waals surface area contributed by atoms with Crippen LogP contribution in [0, 0.1) is 0 Å². The lowest BCUT2D eigenvalue weighted by atomic mass is 10.0. The van der Waals surface area contributed by atoms with Gasteiger partial charge in [0, 0.05) is 28.0 Å². The van der Waals surface area contributed by atoms with Crippen LogP contribution in [0.4, 0.5) is 0 Å². The average molecular weight is 381 g/mol. The van der Waals surface area contributed by atoms with Gasteiger partial charge in [0.15, 0.2) is 0 Å². The minimum absolute atomic E-state index is 0.426. The van der Waals surface area contributed by atoms with Crippen molar-refractivity contribution in [1.29, 1.82) is 0 Å². The van der Waals surface area contributed by atoms with Crippen LogP contribution in [0.3, 0.4) is 0 Å². The van der Waals surface area contributed by atoms with Crippen LogP contribution in [-0.4, -0.2) is 16.7 Å².